The highest BCUT2D eigenvalue weighted by atomic mass is 16.3. The van der Waals surface area contributed by atoms with Crippen molar-refractivity contribution in [3.63, 3.8) is 0 Å². The number of furan rings is 1. The monoisotopic (exact) mass is 480 g/mol. The van der Waals surface area contributed by atoms with E-state index in [0.29, 0.717) is 13.1 Å². The number of rotatable bonds is 7. The summed E-state index contributed by atoms with van der Waals surface area (Å²) in [5.41, 5.74) is 7.09. The van der Waals surface area contributed by atoms with Crippen LogP contribution in [-0.2, 0) is 16.0 Å². The number of amides is 3. The van der Waals surface area contributed by atoms with Gasteiger partial charge in [-0.05, 0) is 43.0 Å². The van der Waals surface area contributed by atoms with Gasteiger partial charge in [0.25, 0.3) is 5.91 Å². The Morgan fingerprint density at radius 2 is 1.83 bits per heavy atom. The van der Waals surface area contributed by atoms with Crippen molar-refractivity contribution in [2.24, 2.45) is 17.6 Å². The molecule has 2 aromatic rings. The van der Waals surface area contributed by atoms with Crippen molar-refractivity contribution in [1.82, 2.24) is 14.7 Å². The van der Waals surface area contributed by atoms with Crippen molar-refractivity contribution in [1.29, 1.82) is 0 Å². The smallest absolute Gasteiger partial charge is 0.290 e. The first-order valence-electron chi connectivity index (χ1n) is 12.3. The van der Waals surface area contributed by atoms with Gasteiger partial charge in [0.1, 0.15) is 6.04 Å². The number of aliphatic hydroxyl groups is 1. The highest BCUT2D eigenvalue weighted by Crippen LogP contribution is 2.37. The summed E-state index contributed by atoms with van der Waals surface area (Å²) < 4.78 is 5.22. The summed E-state index contributed by atoms with van der Waals surface area (Å²) in [5, 5.41) is 10.2. The highest BCUT2D eigenvalue weighted by Gasteiger charge is 2.52. The maximum atomic E-state index is 13.5. The van der Waals surface area contributed by atoms with Gasteiger partial charge in [0, 0.05) is 38.5 Å². The first-order chi connectivity index (χ1) is 16.9. The Kier molecular flexibility index (Phi) is 6.62. The van der Waals surface area contributed by atoms with Crippen LogP contribution in [0.5, 0.6) is 0 Å². The predicted octanol–water partition coefficient (Wildman–Crippen LogP) is 0.732. The van der Waals surface area contributed by atoms with E-state index in [2.05, 4.69) is 17.0 Å². The third kappa shape index (κ3) is 4.70. The molecule has 5 rings (SSSR count). The fourth-order valence-corrected chi connectivity index (χ4v) is 6.09. The SMILES string of the molecule is NC(=O)C1C2CN(C(=O)C3C[C@H](O)CN3C(=O)c3ccco3)CC2CN1CCCc1ccccc1. The summed E-state index contributed by atoms with van der Waals surface area (Å²) in [6.07, 6.45) is 2.71. The molecule has 1 aromatic carbocycles. The molecular weight excluding hydrogens is 448 g/mol. The van der Waals surface area contributed by atoms with Gasteiger partial charge in [-0.1, -0.05) is 30.3 Å². The lowest BCUT2D eigenvalue weighted by Crippen LogP contribution is -2.50. The van der Waals surface area contributed by atoms with Crippen LogP contribution in [0.1, 0.15) is 29.0 Å². The quantitative estimate of drug-likeness (QED) is 0.603. The predicted molar refractivity (Wildman–Crippen MR) is 127 cm³/mol. The van der Waals surface area contributed by atoms with E-state index in [1.54, 1.807) is 17.0 Å². The van der Waals surface area contributed by atoms with E-state index < -0.39 is 24.1 Å². The number of aryl methyl sites for hydroxylation is 1. The number of fused-ring (bicyclic) bond motifs is 1. The van der Waals surface area contributed by atoms with E-state index in [1.165, 1.54) is 16.7 Å². The largest absolute Gasteiger partial charge is 0.459 e. The summed E-state index contributed by atoms with van der Waals surface area (Å²) in [5.74, 6) is -0.645. The molecule has 4 unspecified atom stereocenters. The summed E-state index contributed by atoms with van der Waals surface area (Å²) in [7, 11) is 0. The molecule has 3 fully saturated rings. The Hall–Kier alpha value is -3.17. The van der Waals surface area contributed by atoms with Crippen LogP contribution in [0.25, 0.3) is 0 Å². The van der Waals surface area contributed by atoms with Crippen LogP contribution in [0.3, 0.4) is 0 Å². The molecule has 5 atom stereocenters. The molecule has 1 aromatic heterocycles. The number of hydrogen-bond donors (Lipinski definition) is 2. The Labute approximate surface area is 204 Å². The van der Waals surface area contributed by atoms with Crippen LogP contribution >= 0.6 is 0 Å². The van der Waals surface area contributed by atoms with Crippen LogP contribution in [0, 0.1) is 11.8 Å². The second kappa shape index (κ2) is 9.83. The van der Waals surface area contributed by atoms with Gasteiger partial charge in [-0.25, -0.2) is 0 Å². The molecule has 0 saturated carbocycles. The molecule has 3 aliphatic heterocycles. The Bertz CT molecular complexity index is 1060. The van der Waals surface area contributed by atoms with Crippen LogP contribution in [0.15, 0.2) is 53.1 Å². The van der Waals surface area contributed by atoms with Gasteiger partial charge in [-0.3, -0.25) is 19.3 Å². The second-order valence-corrected chi connectivity index (χ2v) is 9.94. The average molecular weight is 481 g/mol. The number of nitrogens with zero attached hydrogens (tertiary/aromatic N) is 3. The maximum absolute atomic E-state index is 13.5. The minimum Gasteiger partial charge on any atom is -0.459 e. The average Bonchev–Trinajstić information content (AvgIpc) is 3.62. The number of carbonyl (C=O) groups excluding carboxylic acids is 3. The van der Waals surface area contributed by atoms with E-state index in [9.17, 15) is 19.5 Å². The molecule has 0 spiro atoms. The van der Waals surface area contributed by atoms with Crippen LogP contribution in [0.4, 0.5) is 0 Å². The zero-order chi connectivity index (χ0) is 24.5. The molecule has 0 aliphatic carbocycles. The lowest BCUT2D eigenvalue weighted by Gasteiger charge is -2.30. The number of β-amino-alcohol motifs (C(OH)–C–C–N with tert-alkyl or cyclic N) is 1. The normalized spacial score (nSPS) is 28.4. The number of nitrogens with two attached hydrogens (primary N) is 1. The third-order valence-corrected chi connectivity index (χ3v) is 7.67. The zero-order valence-electron chi connectivity index (χ0n) is 19.7. The first-order valence-corrected chi connectivity index (χ1v) is 12.3. The van der Waals surface area contributed by atoms with Crippen molar-refractivity contribution in [3.05, 3.63) is 60.1 Å². The summed E-state index contributed by atoms with van der Waals surface area (Å²) in [6, 6.07) is 12.3. The van der Waals surface area contributed by atoms with E-state index in [1.807, 2.05) is 18.2 Å². The fraction of sp³-hybridized carbons (Fsp3) is 0.500. The molecular formula is C26H32N4O5. The number of hydrogen-bond acceptors (Lipinski definition) is 6. The van der Waals surface area contributed by atoms with Gasteiger partial charge in [-0.15, -0.1) is 0 Å². The van der Waals surface area contributed by atoms with Crippen molar-refractivity contribution >= 4 is 17.7 Å². The molecule has 186 valence electrons. The fourth-order valence-electron chi connectivity index (χ4n) is 6.09. The minimum absolute atomic E-state index is 0.0197. The lowest BCUT2D eigenvalue weighted by molar-refractivity contribution is -0.135. The van der Waals surface area contributed by atoms with Crippen molar-refractivity contribution in [3.8, 4) is 0 Å². The Morgan fingerprint density at radius 1 is 1.03 bits per heavy atom. The van der Waals surface area contributed by atoms with Gasteiger partial charge in [0.2, 0.25) is 11.8 Å². The standard InChI is InChI=1S/C26H32N4O5/c27-24(32)23-20-16-29(14-18(20)13-28(23)10-4-8-17-6-2-1-3-7-17)25(33)21-12-19(31)15-30(21)26(34)22-9-5-11-35-22/h1-3,5-7,9,11,18-21,23,31H,4,8,10,12-16H2,(H2,27,32)/t18?,19-,20?,21?,23?/m0/s1. The molecule has 9 nitrogen and oxygen atoms in total. The van der Waals surface area contributed by atoms with E-state index in [0.717, 1.165) is 25.9 Å². The molecule has 3 amide bonds. The van der Waals surface area contributed by atoms with Crippen molar-refractivity contribution < 1.29 is 23.9 Å². The second-order valence-electron chi connectivity index (χ2n) is 9.94. The highest BCUT2D eigenvalue weighted by molar-refractivity contribution is 5.96. The van der Waals surface area contributed by atoms with Crippen molar-refractivity contribution in [2.45, 2.75) is 37.5 Å². The van der Waals surface area contributed by atoms with E-state index in [4.69, 9.17) is 10.2 Å². The molecule has 3 N–H and O–H groups in total. The molecule has 3 aliphatic rings. The third-order valence-electron chi connectivity index (χ3n) is 7.67. The molecule has 9 heteroatoms. The van der Waals surface area contributed by atoms with Gasteiger partial charge in [0.15, 0.2) is 5.76 Å². The Morgan fingerprint density at radius 3 is 2.54 bits per heavy atom. The van der Waals surface area contributed by atoms with Crippen LogP contribution < -0.4 is 5.73 Å². The lowest BCUT2D eigenvalue weighted by atomic mass is 9.94. The zero-order valence-corrected chi connectivity index (χ0v) is 19.7. The molecule has 35 heavy (non-hydrogen) atoms. The van der Waals surface area contributed by atoms with Crippen LogP contribution in [-0.4, -0.2) is 88.4 Å². The number of carbonyl (C=O) groups is 3. The first kappa shape index (κ1) is 23.6. The maximum Gasteiger partial charge on any atom is 0.290 e. The van der Waals surface area contributed by atoms with Crippen molar-refractivity contribution in [2.75, 3.05) is 32.7 Å². The van der Waals surface area contributed by atoms with Gasteiger partial charge >= 0.3 is 0 Å². The van der Waals surface area contributed by atoms with Gasteiger partial charge in [0.05, 0.1) is 18.4 Å². The summed E-state index contributed by atoms with van der Waals surface area (Å²) in [6.45, 7) is 2.55. The summed E-state index contributed by atoms with van der Waals surface area (Å²) in [4.78, 5) is 44.0. The van der Waals surface area contributed by atoms with Gasteiger partial charge < -0.3 is 25.1 Å². The minimum atomic E-state index is -0.761. The van der Waals surface area contributed by atoms with Gasteiger partial charge in [-0.2, -0.15) is 0 Å². The summed E-state index contributed by atoms with van der Waals surface area (Å²) >= 11 is 0. The molecule has 0 radical (unpaired) electrons. The number of likely N-dealkylation sites (tertiary alicyclic amines) is 3. The number of aliphatic hydroxyl groups excluding tert-OH is 1. The number of benzene rings is 1. The van der Waals surface area contributed by atoms with E-state index >= 15 is 0 Å². The van der Waals surface area contributed by atoms with Crippen LogP contribution in [0.2, 0.25) is 0 Å². The molecule has 4 heterocycles. The topological polar surface area (TPSA) is 120 Å². The number of primary amides is 1. The Balaban J connectivity index is 1.22. The van der Waals surface area contributed by atoms with E-state index in [-0.39, 0.29) is 42.4 Å². The molecule has 3 saturated heterocycles. The molecule has 0 bridgehead atoms.